The molecule has 1 aliphatic rings. The Kier molecular flexibility index (Phi) is 3.42. The maximum absolute atomic E-state index is 4.82. The molecule has 3 aromatic rings. The lowest BCUT2D eigenvalue weighted by molar-refractivity contribution is 1.52. The van der Waals surface area contributed by atoms with Crippen molar-refractivity contribution in [3.05, 3.63) is 108 Å². The zero-order valence-electron chi connectivity index (χ0n) is 12.1. The van der Waals surface area contributed by atoms with Gasteiger partial charge < -0.3 is 0 Å². The number of rotatable bonds is 3. The van der Waals surface area contributed by atoms with Crippen molar-refractivity contribution in [3.8, 4) is 0 Å². The molecule has 0 N–H and O–H groups in total. The summed E-state index contributed by atoms with van der Waals surface area (Å²) in [6.45, 7) is 0. The number of nitrogens with zero attached hydrogens (tertiary/aromatic N) is 1. The van der Waals surface area contributed by atoms with Gasteiger partial charge in [-0.05, 0) is 28.0 Å². The third-order valence-corrected chi connectivity index (χ3v) is 5.43. The Bertz CT molecular complexity index is 808. The van der Waals surface area contributed by atoms with Crippen LogP contribution in [0.25, 0.3) is 5.57 Å². The van der Waals surface area contributed by atoms with E-state index in [2.05, 4.69) is 91.0 Å². The molecule has 0 saturated heterocycles. The van der Waals surface area contributed by atoms with Crippen LogP contribution >= 0.6 is 7.71 Å². The maximum Gasteiger partial charge on any atom is 0.316 e. The smallest absolute Gasteiger partial charge is 0.0622 e. The van der Waals surface area contributed by atoms with Gasteiger partial charge in [0.2, 0.25) is 0 Å². The molecule has 22 heavy (non-hydrogen) atoms. The third kappa shape index (κ3) is 2.52. The van der Waals surface area contributed by atoms with E-state index in [0.29, 0.717) is 0 Å². The first-order valence-corrected chi connectivity index (χ1v) is 8.65. The van der Waals surface area contributed by atoms with E-state index in [9.17, 15) is 0 Å². The standard InChI is InChI=1S/C20H15NP/c1-4-10-16(11-5-1)19(17-12-6-2-7-13-17)20-21-22(20)18-14-8-3-9-15-18/h1-15H/q+1. The Balaban J connectivity index is 1.82. The summed E-state index contributed by atoms with van der Waals surface area (Å²) >= 11 is 0. The van der Waals surface area contributed by atoms with Gasteiger partial charge in [-0.15, -0.1) is 0 Å². The molecule has 2 heteroatoms. The quantitative estimate of drug-likeness (QED) is 0.574. The monoisotopic (exact) mass is 300 g/mol. The molecule has 0 amide bonds. The lowest BCUT2D eigenvalue weighted by Gasteiger charge is -2.04. The van der Waals surface area contributed by atoms with Crippen LogP contribution in [0.15, 0.2) is 101 Å². The first kappa shape index (κ1) is 13.2. The van der Waals surface area contributed by atoms with Crippen molar-refractivity contribution in [1.82, 2.24) is 0 Å². The average molecular weight is 300 g/mol. The summed E-state index contributed by atoms with van der Waals surface area (Å²) in [5.74, 6) is 0. The molecule has 0 bridgehead atoms. The molecule has 4 rings (SSSR count). The normalized spacial score (nSPS) is 14.4. The molecule has 1 aliphatic heterocycles. The highest BCUT2D eigenvalue weighted by Crippen LogP contribution is 2.57. The van der Waals surface area contributed by atoms with E-state index in [0.717, 1.165) is 0 Å². The molecule has 0 radical (unpaired) electrons. The van der Waals surface area contributed by atoms with Crippen molar-refractivity contribution in [2.45, 2.75) is 0 Å². The molecular weight excluding hydrogens is 285 g/mol. The predicted molar refractivity (Wildman–Crippen MR) is 94.3 cm³/mol. The molecule has 3 aromatic carbocycles. The van der Waals surface area contributed by atoms with Gasteiger partial charge in [0.05, 0.1) is 5.57 Å². The first-order chi connectivity index (χ1) is 10.9. The molecule has 104 valence electrons. The maximum atomic E-state index is 4.82. The van der Waals surface area contributed by atoms with Crippen molar-refractivity contribution >= 4 is 18.6 Å². The van der Waals surface area contributed by atoms with E-state index >= 15 is 0 Å². The SMILES string of the molecule is c1ccc(C(=C2N=[P+]2c2ccccc2)c2ccccc2)cc1. The molecule has 0 aliphatic carbocycles. The second-order valence-corrected chi connectivity index (χ2v) is 6.94. The fourth-order valence-electron chi connectivity index (χ4n) is 2.61. The topological polar surface area (TPSA) is 12.4 Å². The molecular formula is C20H15NP+. The molecule has 1 unspecified atom stereocenters. The van der Waals surface area contributed by atoms with E-state index in [-0.39, 0.29) is 0 Å². The van der Waals surface area contributed by atoms with Crippen molar-refractivity contribution in [3.63, 3.8) is 0 Å². The van der Waals surface area contributed by atoms with Gasteiger partial charge in [0.1, 0.15) is 0 Å². The Morgan fingerprint density at radius 2 is 1.05 bits per heavy atom. The Morgan fingerprint density at radius 3 is 1.55 bits per heavy atom. The van der Waals surface area contributed by atoms with Gasteiger partial charge in [-0.25, -0.2) is 0 Å². The second-order valence-electron chi connectivity index (χ2n) is 5.18. The number of benzene rings is 3. The third-order valence-electron chi connectivity index (χ3n) is 3.71. The lowest BCUT2D eigenvalue weighted by atomic mass is 9.99. The van der Waals surface area contributed by atoms with Crippen LogP contribution in [0.5, 0.6) is 0 Å². The molecule has 0 spiro atoms. The van der Waals surface area contributed by atoms with E-state index in [4.69, 9.17) is 4.74 Å². The lowest BCUT2D eigenvalue weighted by Crippen LogP contribution is -1.91. The fraction of sp³-hybridized carbons (Fsp3) is 0. The van der Waals surface area contributed by atoms with E-state index < -0.39 is 7.71 Å². The van der Waals surface area contributed by atoms with Crippen LogP contribution in [0, 0.1) is 0 Å². The molecule has 0 fully saturated rings. The van der Waals surface area contributed by atoms with Gasteiger partial charge in [0, 0.05) is 0 Å². The van der Waals surface area contributed by atoms with Crippen molar-refractivity contribution < 1.29 is 0 Å². The molecule has 1 nitrogen and oxygen atoms in total. The van der Waals surface area contributed by atoms with Crippen LogP contribution in [0.4, 0.5) is 0 Å². The predicted octanol–water partition coefficient (Wildman–Crippen LogP) is 5.41. The summed E-state index contributed by atoms with van der Waals surface area (Å²) < 4.78 is 4.82. The second kappa shape index (κ2) is 5.71. The summed E-state index contributed by atoms with van der Waals surface area (Å²) in [6, 6.07) is 31.7. The molecule has 1 atom stereocenters. The summed E-state index contributed by atoms with van der Waals surface area (Å²) in [4.78, 5) is 0. The van der Waals surface area contributed by atoms with Crippen molar-refractivity contribution in [1.29, 1.82) is 0 Å². The minimum absolute atomic E-state index is 0.491. The minimum atomic E-state index is -0.491. The number of hydrogen-bond donors (Lipinski definition) is 0. The molecule has 0 aromatic heterocycles. The summed E-state index contributed by atoms with van der Waals surface area (Å²) in [7, 11) is -0.491. The highest BCUT2D eigenvalue weighted by molar-refractivity contribution is 7.66. The zero-order valence-corrected chi connectivity index (χ0v) is 12.9. The highest BCUT2D eigenvalue weighted by Gasteiger charge is 2.43. The van der Waals surface area contributed by atoms with Gasteiger partial charge in [0.15, 0.2) is 5.30 Å². The van der Waals surface area contributed by atoms with Crippen LogP contribution in [-0.2, 0) is 0 Å². The fourth-order valence-corrected chi connectivity index (χ4v) is 4.28. The zero-order chi connectivity index (χ0) is 14.8. The van der Waals surface area contributed by atoms with Gasteiger partial charge >= 0.3 is 13.2 Å². The molecule has 0 saturated carbocycles. The average Bonchev–Trinajstić information content (AvgIpc) is 3.38. The molecule has 1 heterocycles. The van der Waals surface area contributed by atoms with Crippen LogP contribution in [0.3, 0.4) is 0 Å². The van der Waals surface area contributed by atoms with E-state index in [1.807, 2.05) is 0 Å². The Labute approximate surface area is 131 Å². The number of hydrogen-bond acceptors (Lipinski definition) is 1. The largest absolute Gasteiger partial charge is 0.316 e. The first-order valence-electron chi connectivity index (χ1n) is 7.35. The highest BCUT2D eigenvalue weighted by atomic mass is 31.1. The van der Waals surface area contributed by atoms with Crippen LogP contribution < -0.4 is 5.30 Å². The summed E-state index contributed by atoms with van der Waals surface area (Å²) in [5.41, 5.74) is 5.01. The van der Waals surface area contributed by atoms with E-state index in [1.54, 1.807) is 0 Å². The van der Waals surface area contributed by atoms with Crippen LogP contribution in [-0.4, -0.2) is 0 Å². The van der Waals surface area contributed by atoms with Gasteiger partial charge in [-0.3, -0.25) is 0 Å². The summed E-state index contributed by atoms with van der Waals surface area (Å²) in [5, 5.41) is 1.33. The Morgan fingerprint density at radius 1 is 0.591 bits per heavy atom. The van der Waals surface area contributed by atoms with Crippen LogP contribution in [0.2, 0.25) is 0 Å². The van der Waals surface area contributed by atoms with Crippen molar-refractivity contribution in [2.75, 3.05) is 0 Å². The van der Waals surface area contributed by atoms with Gasteiger partial charge in [-0.2, -0.15) is 0 Å². The van der Waals surface area contributed by atoms with Gasteiger partial charge in [0.25, 0.3) is 0 Å². The minimum Gasteiger partial charge on any atom is -0.0622 e. The van der Waals surface area contributed by atoms with E-state index in [1.165, 1.54) is 27.4 Å². The Hall–Kier alpha value is -2.50. The van der Waals surface area contributed by atoms with Gasteiger partial charge in [-0.1, -0.05) is 78.9 Å². The van der Waals surface area contributed by atoms with Crippen molar-refractivity contribution in [2.24, 2.45) is 4.74 Å². The van der Waals surface area contributed by atoms with Crippen LogP contribution in [0.1, 0.15) is 11.1 Å². The summed E-state index contributed by atoms with van der Waals surface area (Å²) in [6.07, 6.45) is 0.